The van der Waals surface area contributed by atoms with E-state index in [1.807, 2.05) is 36.4 Å². The van der Waals surface area contributed by atoms with Crippen molar-refractivity contribution in [3.63, 3.8) is 0 Å². The summed E-state index contributed by atoms with van der Waals surface area (Å²) in [6.07, 6.45) is 0.855. The van der Waals surface area contributed by atoms with Gasteiger partial charge in [0.25, 0.3) is 0 Å². The van der Waals surface area contributed by atoms with Crippen LogP contribution in [0.1, 0.15) is 26.6 Å². The predicted molar refractivity (Wildman–Crippen MR) is 96.1 cm³/mol. The van der Waals surface area contributed by atoms with E-state index in [0.717, 1.165) is 34.8 Å². The lowest BCUT2D eigenvalue weighted by molar-refractivity contribution is 0.401. The molecule has 0 saturated carbocycles. The molecule has 0 atom stereocenters. The van der Waals surface area contributed by atoms with Crippen molar-refractivity contribution in [3.05, 3.63) is 72.6 Å². The van der Waals surface area contributed by atoms with E-state index in [0.29, 0.717) is 0 Å². The Morgan fingerprint density at radius 3 is 1.52 bits per heavy atom. The van der Waals surface area contributed by atoms with E-state index in [9.17, 15) is 0 Å². The Labute approximate surface area is 138 Å². The maximum Gasteiger partial charge on any atom is 0.130 e. The summed E-state index contributed by atoms with van der Waals surface area (Å²) in [6, 6.07) is 22.7. The molecule has 2 aromatic carbocycles. The molecule has 3 aromatic rings. The van der Waals surface area contributed by atoms with Crippen LogP contribution >= 0.6 is 0 Å². The highest BCUT2D eigenvalue weighted by atomic mass is 14.9. The lowest BCUT2D eigenvalue weighted by Gasteiger charge is -2.18. The highest BCUT2D eigenvalue weighted by molar-refractivity contribution is 5.67. The smallest absolute Gasteiger partial charge is 0.130 e. The van der Waals surface area contributed by atoms with Gasteiger partial charge in [-0.15, -0.1) is 0 Å². The zero-order chi connectivity index (χ0) is 16.3. The summed E-state index contributed by atoms with van der Waals surface area (Å²) in [5.74, 6) is 0.901. The summed E-state index contributed by atoms with van der Waals surface area (Å²) in [6.45, 7) is 6.65. The topological polar surface area (TPSA) is 25.8 Å². The Morgan fingerprint density at radius 2 is 1.13 bits per heavy atom. The van der Waals surface area contributed by atoms with Gasteiger partial charge >= 0.3 is 0 Å². The van der Waals surface area contributed by atoms with Crippen molar-refractivity contribution in [2.24, 2.45) is 5.41 Å². The van der Waals surface area contributed by atoms with Gasteiger partial charge in [0.2, 0.25) is 0 Å². The lowest BCUT2D eigenvalue weighted by atomic mass is 9.91. The Morgan fingerprint density at radius 1 is 0.696 bits per heavy atom. The van der Waals surface area contributed by atoms with Gasteiger partial charge in [-0.2, -0.15) is 0 Å². The van der Waals surface area contributed by atoms with Crippen LogP contribution < -0.4 is 0 Å². The molecular formula is C21H22N2. The normalized spacial score (nSPS) is 11.4. The molecule has 0 aliphatic heterocycles. The molecule has 0 fully saturated rings. The third kappa shape index (κ3) is 4.04. The molecule has 0 saturated heterocycles. The third-order valence-electron chi connectivity index (χ3n) is 3.60. The van der Waals surface area contributed by atoms with Gasteiger partial charge in [0.1, 0.15) is 5.82 Å². The number of hydrogen-bond acceptors (Lipinski definition) is 2. The Kier molecular flexibility index (Phi) is 4.24. The molecule has 2 heteroatoms. The molecule has 0 aliphatic carbocycles. The highest BCUT2D eigenvalue weighted by Crippen LogP contribution is 2.26. The van der Waals surface area contributed by atoms with E-state index in [2.05, 4.69) is 51.1 Å². The van der Waals surface area contributed by atoms with Crippen LogP contribution in [-0.4, -0.2) is 9.97 Å². The van der Waals surface area contributed by atoms with Gasteiger partial charge in [-0.3, -0.25) is 0 Å². The van der Waals surface area contributed by atoms with Crippen molar-refractivity contribution in [1.82, 2.24) is 9.97 Å². The maximum atomic E-state index is 4.80. The van der Waals surface area contributed by atoms with Crippen LogP contribution in [0.3, 0.4) is 0 Å². The fraction of sp³-hybridized carbons (Fsp3) is 0.238. The number of aromatic nitrogens is 2. The van der Waals surface area contributed by atoms with E-state index < -0.39 is 0 Å². The van der Waals surface area contributed by atoms with Crippen molar-refractivity contribution in [3.8, 4) is 22.5 Å². The monoisotopic (exact) mass is 302 g/mol. The summed E-state index contributed by atoms with van der Waals surface area (Å²) in [7, 11) is 0. The molecule has 0 amide bonds. The van der Waals surface area contributed by atoms with Crippen molar-refractivity contribution >= 4 is 0 Å². The van der Waals surface area contributed by atoms with Crippen LogP contribution in [0.5, 0.6) is 0 Å². The van der Waals surface area contributed by atoms with Crippen molar-refractivity contribution in [2.45, 2.75) is 27.2 Å². The molecule has 3 rings (SSSR count). The van der Waals surface area contributed by atoms with Crippen LogP contribution in [0.25, 0.3) is 22.5 Å². The third-order valence-corrected chi connectivity index (χ3v) is 3.60. The van der Waals surface area contributed by atoms with Crippen LogP contribution in [0.2, 0.25) is 0 Å². The minimum absolute atomic E-state index is 0.156. The van der Waals surface area contributed by atoms with Crippen LogP contribution in [0, 0.1) is 5.41 Å². The van der Waals surface area contributed by atoms with E-state index in [4.69, 9.17) is 9.97 Å². The first kappa shape index (κ1) is 15.4. The molecule has 2 nitrogen and oxygen atoms in total. The van der Waals surface area contributed by atoms with Crippen LogP contribution in [-0.2, 0) is 6.42 Å². The zero-order valence-corrected chi connectivity index (χ0v) is 14.0. The largest absolute Gasteiger partial charge is 0.233 e. The minimum Gasteiger partial charge on any atom is -0.233 e. The molecule has 0 N–H and O–H groups in total. The van der Waals surface area contributed by atoms with E-state index in [-0.39, 0.29) is 5.41 Å². The summed E-state index contributed by atoms with van der Waals surface area (Å²) in [5.41, 5.74) is 4.38. The average Bonchev–Trinajstić information content (AvgIpc) is 2.55. The molecule has 23 heavy (non-hydrogen) atoms. The van der Waals surface area contributed by atoms with Gasteiger partial charge in [-0.05, 0) is 11.5 Å². The Balaban J connectivity index is 2.11. The molecule has 0 radical (unpaired) electrons. The number of benzene rings is 2. The second-order valence-electron chi connectivity index (χ2n) is 7.02. The van der Waals surface area contributed by atoms with Crippen molar-refractivity contribution in [2.75, 3.05) is 0 Å². The van der Waals surface area contributed by atoms with Gasteiger partial charge in [-0.1, -0.05) is 81.4 Å². The zero-order valence-electron chi connectivity index (χ0n) is 14.0. The summed E-state index contributed by atoms with van der Waals surface area (Å²) >= 11 is 0. The summed E-state index contributed by atoms with van der Waals surface area (Å²) in [5, 5.41) is 0. The summed E-state index contributed by atoms with van der Waals surface area (Å²) in [4.78, 5) is 9.61. The first-order chi connectivity index (χ1) is 11.0. The van der Waals surface area contributed by atoms with Gasteiger partial charge in [0, 0.05) is 17.5 Å². The number of rotatable bonds is 3. The van der Waals surface area contributed by atoms with Gasteiger partial charge in [-0.25, -0.2) is 9.97 Å². The minimum atomic E-state index is 0.156. The number of hydrogen-bond donors (Lipinski definition) is 0. The van der Waals surface area contributed by atoms with E-state index >= 15 is 0 Å². The SMILES string of the molecule is CC(C)(C)Cc1nc(-c2ccccc2)cc(-c2ccccc2)n1. The first-order valence-corrected chi connectivity index (χ1v) is 8.00. The average molecular weight is 302 g/mol. The molecule has 0 spiro atoms. The van der Waals surface area contributed by atoms with Crippen molar-refractivity contribution in [1.29, 1.82) is 0 Å². The van der Waals surface area contributed by atoms with E-state index in [1.165, 1.54) is 0 Å². The predicted octanol–water partition coefficient (Wildman–Crippen LogP) is 5.40. The standard InChI is InChI=1S/C21H22N2/c1-21(2,3)15-20-22-18(16-10-6-4-7-11-16)14-19(23-20)17-12-8-5-9-13-17/h4-14H,15H2,1-3H3. The second-order valence-corrected chi connectivity index (χ2v) is 7.02. The molecule has 1 heterocycles. The fourth-order valence-electron chi connectivity index (χ4n) is 2.56. The molecule has 0 aliphatic rings. The maximum absolute atomic E-state index is 4.80. The first-order valence-electron chi connectivity index (χ1n) is 8.00. The van der Waals surface area contributed by atoms with E-state index in [1.54, 1.807) is 0 Å². The highest BCUT2D eigenvalue weighted by Gasteiger charge is 2.16. The molecule has 0 unspecified atom stereocenters. The second kappa shape index (κ2) is 6.33. The van der Waals surface area contributed by atoms with Crippen LogP contribution in [0.15, 0.2) is 66.7 Å². The number of nitrogens with zero attached hydrogens (tertiary/aromatic N) is 2. The molecular weight excluding hydrogens is 280 g/mol. The molecule has 0 bridgehead atoms. The molecule has 116 valence electrons. The summed E-state index contributed by atoms with van der Waals surface area (Å²) < 4.78 is 0. The Bertz CT molecular complexity index is 714. The quantitative estimate of drug-likeness (QED) is 0.647. The lowest BCUT2D eigenvalue weighted by Crippen LogP contribution is -2.12. The van der Waals surface area contributed by atoms with Crippen molar-refractivity contribution < 1.29 is 0 Å². The van der Waals surface area contributed by atoms with Gasteiger partial charge < -0.3 is 0 Å². The molecule has 1 aromatic heterocycles. The fourth-order valence-corrected chi connectivity index (χ4v) is 2.56. The van der Waals surface area contributed by atoms with Gasteiger partial charge in [0.05, 0.1) is 11.4 Å². The Hall–Kier alpha value is -2.48. The van der Waals surface area contributed by atoms with Crippen LogP contribution in [0.4, 0.5) is 0 Å². The van der Waals surface area contributed by atoms with Gasteiger partial charge in [0.15, 0.2) is 0 Å².